The molecule has 0 aromatic carbocycles. The van der Waals surface area contributed by atoms with Crippen molar-refractivity contribution in [3.8, 4) is 12.3 Å². The molecule has 1 unspecified atom stereocenters. The molecule has 0 aliphatic carbocycles. The molecule has 0 aromatic heterocycles. The maximum absolute atomic E-state index is 11.4. The van der Waals surface area contributed by atoms with Gasteiger partial charge in [-0.1, -0.05) is 0 Å². The van der Waals surface area contributed by atoms with Gasteiger partial charge in [0.15, 0.2) is 0 Å². The Bertz CT molecular complexity index is 280. The maximum Gasteiger partial charge on any atom is 0.328 e. The summed E-state index contributed by atoms with van der Waals surface area (Å²) < 4.78 is 4.85. The van der Waals surface area contributed by atoms with Crippen LogP contribution in [0.3, 0.4) is 0 Å². The van der Waals surface area contributed by atoms with Gasteiger partial charge in [-0.05, 0) is 25.7 Å². The molecule has 1 aliphatic heterocycles. The number of terminal acetylenes is 1. The molecule has 0 spiro atoms. The third-order valence-electron chi connectivity index (χ3n) is 2.20. The van der Waals surface area contributed by atoms with Gasteiger partial charge in [-0.25, -0.2) is 4.79 Å². The number of esters is 1. The normalized spacial score (nSPS) is 20.3. The van der Waals surface area contributed by atoms with Crippen molar-refractivity contribution in [2.24, 2.45) is 0 Å². The quantitative estimate of drug-likeness (QED) is 0.466. The van der Waals surface area contributed by atoms with Crippen molar-refractivity contribution >= 4 is 11.9 Å². The van der Waals surface area contributed by atoms with Gasteiger partial charge >= 0.3 is 5.97 Å². The topological polar surface area (TPSA) is 46.6 Å². The van der Waals surface area contributed by atoms with E-state index in [1.54, 1.807) is 6.92 Å². The van der Waals surface area contributed by atoms with E-state index in [0.29, 0.717) is 19.6 Å². The molecule has 0 bridgehead atoms. The summed E-state index contributed by atoms with van der Waals surface area (Å²) in [5.74, 6) is 1.23. The number of hydrogen-bond acceptors (Lipinski definition) is 3. The molecule has 4 heteroatoms. The average molecular weight is 195 g/mol. The zero-order valence-electron chi connectivity index (χ0n) is 8.16. The summed E-state index contributed by atoms with van der Waals surface area (Å²) in [5, 5.41) is 0. The summed E-state index contributed by atoms with van der Waals surface area (Å²) in [6, 6.07) is -0.474. The minimum Gasteiger partial charge on any atom is -0.464 e. The molecule has 0 radical (unpaired) electrons. The van der Waals surface area contributed by atoms with E-state index >= 15 is 0 Å². The second kappa shape index (κ2) is 4.66. The lowest BCUT2D eigenvalue weighted by Gasteiger charge is -2.20. The minimum absolute atomic E-state index is 0.327. The van der Waals surface area contributed by atoms with Crippen LogP contribution in [0.5, 0.6) is 0 Å². The lowest BCUT2D eigenvalue weighted by molar-refractivity contribution is -0.151. The number of carbonyl (C=O) groups is 2. The Morgan fingerprint density at radius 3 is 2.93 bits per heavy atom. The van der Waals surface area contributed by atoms with Crippen molar-refractivity contribution in [1.82, 2.24) is 4.90 Å². The van der Waals surface area contributed by atoms with E-state index in [0.717, 1.165) is 6.42 Å². The number of likely N-dealkylation sites (tertiary alicyclic amines) is 1. The van der Waals surface area contributed by atoms with Crippen molar-refractivity contribution in [2.75, 3.05) is 13.2 Å². The fourth-order valence-electron chi connectivity index (χ4n) is 1.58. The zero-order chi connectivity index (χ0) is 10.6. The third kappa shape index (κ3) is 2.05. The molecule has 1 rings (SSSR count). The van der Waals surface area contributed by atoms with E-state index in [4.69, 9.17) is 11.2 Å². The van der Waals surface area contributed by atoms with Crippen LogP contribution in [0.25, 0.3) is 0 Å². The fourth-order valence-corrected chi connectivity index (χ4v) is 1.58. The summed E-state index contributed by atoms with van der Waals surface area (Å²) in [4.78, 5) is 24.0. The molecule has 1 saturated heterocycles. The van der Waals surface area contributed by atoms with Crippen LogP contribution < -0.4 is 0 Å². The smallest absolute Gasteiger partial charge is 0.328 e. The standard InChI is InChI=1S/C10H13NO3/c1-3-9(12)11-7-5-6-8(11)10(13)14-4-2/h1,8H,4-7H2,2H3. The van der Waals surface area contributed by atoms with Crippen LogP contribution in [0.15, 0.2) is 0 Å². The first kappa shape index (κ1) is 10.6. The Kier molecular flexibility index (Phi) is 3.52. The summed E-state index contributed by atoms with van der Waals surface area (Å²) in [6.07, 6.45) is 6.44. The molecule has 14 heavy (non-hydrogen) atoms. The van der Waals surface area contributed by atoms with Crippen molar-refractivity contribution in [3.05, 3.63) is 0 Å². The summed E-state index contributed by atoms with van der Waals surface area (Å²) >= 11 is 0. The Labute approximate surface area is 83.2 Å². The molecule has 0 aromatic rings. The van der Waals surface area contributed by atoms with Crippen LogP contribution in [-0.4, -0.2) is 36.0 Å². The number of hydrogen-bond donors (Lipinski definition) is 0. The Morgan fingerprint density at radius 2 is 2.36 bits per heavy atom. The van der Waals surface area contributed by atoms with Crippen molar-refractivity contribution in [1.29, 1.82) is 0 Å². The summed E-state index contributed by atoms with van der Waals surface area (Å²) in [6.45, 7) is 2.61. The summed E-state index contributed by atoms with van der Waals surface area (Å²) in [5.41, 5.74) is 0. The average Bonchev–Trinajstić information content (AvgIpc) is 2.65. The van der Waals surface area contributed by atoms with E-state index in [2.05, 4.69) is 0 Å². The molecule has 0 saturated carbocycles. The number of carbonyl (C=O) groups excluding carboxylic acids is 2. The van der Waals surface area contributed by atoms with Crippen molar-refractivity contribution in [2.45, 2.75) is 25.8 Å². The Hall–Kier alpha value is -1.50. The van der Waals surface area contributed by atoms with Crippen LogP contribution >= 0.6 is 0 Å². The van der Waals surface area contributed by atoms with Gasteiger partial charge in [-0.15, -0.1) is 6.42 Å². The second-order valence-corrected chi connectivity index (χ2v) is 3.05. The highest BCUT2D eigenvalue weighted by molar-refractivity contribution is 5.96. The zero-order valence-corrected chi connectivity index (χ0v) is 8.16. The van der Waals surface area contributed by atoms with E-state index in [-0.39, 0.29) is 5.97 Å². The van der Waals surface area contributed by atoms with Gasteiger partial charge in [0.2, 0.25) is 0 Å². The first-order valence-electron chi connectivity index (χ1n) is 4.64. The van der Waals surface area contributed by atoms with Gasteiger partial charge in [0, 0.05) is 6.54 Å². The number of ether oxygens (including phenoxy) is 1. The molecular weight excluding hydrogens is 182 g/mol. The first-order chi connectivity index (χ1) is 6.70. The van der Waals surface area contributed by atoms with Crippen LogP contribution in [0.4, 0.5) is 0 Å². The van der Waals surface area contributed by atoms with Gasteiger partial charge in [-0.2, -0.15) is 0 Å². The molecule has 1 aliphatic rings. The van der Waals surface area contributed by atoms with Crippen LogP contribution in [0.2, 0.25) is 0 Å². The van der Waals surface area contributed by atoms with Crippen LogP contribution in [-0.2, 0) is 14.3 Å². The highest BCUT2D eigenvalue weighted by Crippen LogP contribution is 2.18. The monoisotopic (exact) mass is 195 g/mol. The highest BCUT2D eigenvalue weighted by Gasteiger charge is 2.34. The largest absolute Gasteiger partial charge is 0.464 e. The first-order valence-corrected chi connectivity index (χ1v) is 4.64. The van der Waals surface area contributed by atoms with Gasteiger partial charge in [0.05, 0.1) is 6.61 Å². The second-order valence-electron chi connectivity index (χ2n) is 3.05. The van der Waals surface area contributed by atoms with Gasteiger partial charge < -0.3 is 9.64 Å². The molecular formula is C10H13NO3. The Balaban J connectivity index is 2.64. The van der Waals surface area contributed by atoms with Gasteiger partial charge in [0.25, 0.3) is 5.91 Å². The number of nitrogens with zero attached hydrogens (tertiary/aromatic N) is 1. The molecule has 76 valence electrons. The van der Waals surface area contributed by atoms with Gasteiger partial charge in [0.1, 0.15) is 6.04 Å². The minimum atomic E-state index is -0.474. The maximum atomic E-state index is 11.4. The van der Waals surface area contributed by atoms with E-state index < -0.39 is 11.9 Å². The van der Waals surface area contributed by atoms with E-state index in [1.165, 1.54) is 4.90 Å². The third-order valence-corrected chi connectivity index (χ3v) is 2.20. The molecule has 1 atom stereocenters. The van der Waals surface area contributed by atoms with Crippen molar-refractivity contribution < 1.29 is 14.3 Å². The SMILES string of the molecule is C#CC(=O)N1CCCC1C(=O)OCC. The van der Waals surface area contributed by atoms with Gasteiger partial charge in [-0.3, -0.25) is 4.79 Å². The Morgan fingerprint density at radius 1 is 1.64 bits per heavy atom. The lowest BCUT2D eigenvalue weighted by atomic mass is 10.2. The predicted octanol–water partition coefficient (Wildman–Crippen LogP) is 0.174. The number of rotatable bonds is 2. The summed E-state index contributed by atoms with van der Waals surface area (Å²) in [7, 11) is 0. The molecule has 0 N–H and O–H groups in total. The van der Waals surface area contributed by atoms with Crippen LogP contribution in [0.1, 0.15) is 19.8 Å². The van der Waals surface area contributed by atoms with E-state index in [1.807, 2.05) is 5.92 Å². The fraction of sp³-hybridized carbons (Fsp3) is 0.600. The van der Waals surface area contributed by atoms with Crippen molar-refractivity contribution in [3.63, 3.8) is 0 Å². The number of amides is 1. The molecule has 1 amide bonds. The lowest BCUT2D eigenvalue weighted by Crippen LogP contribution is -2.40. The molecule has 4 nitrogen and oxygen atoms in total. The van der Waals surface area contributed by atoms with E-state index in [9.17, 15) is 9.59 Å². The highest BCUT2D eigenvalue weighted by atomic mass is 16.5. The van der Waals surface area contributed by atoms with Crippen LogP contribution in [0, 0.1) is 12.3 Å². The predicted molar refractivity (Wildman–Crippen MR) is 50.2 cm³/mol. The molecule has 1 heterocycles. The molecule has 1 fully saturated rings.